The maximum Gasteiger partial charge on any atom is 0.134 e. The molecule has 3 heteroatoms. The molecule has 1 aromatic carbocycles. The Morgan fingerprint density at radius 3 is 2.36 bits per heavy atom. The monoisotopic (exact) mass is 207 g/mol. The van der Waals surface area contributed by atoms with Gasteiger partial charge in [-0.25, -0.2) is 0 Å². The maximum absolute atomic E-state index is 5.78. The normalized spacial score (nSPS) is 10.4. The third kappa shape index (κ3) is 1.81. The molecule has 0 saturated heterocycles. The van der Waals surface area contributed by atoms with Gasteiger partial charge in [0, 0.05) is 10.6 Å². The van der Waals surface area contributed by atoms with E-state index in [9.17, 15) is 0 Å². The van der Waals surface area contributed by atoms with Crippen molar-refractivity contribution >= 4 is 11.6 Å². The van der Waals surface area contributed by atoms with E-state index in [1.54, 1.807) is 0 Å². The summed E-state index contributed by atoms with van der Waals surface area (Å²) in [5.74, 6) is 1.61. The summed E-state index contributed by atoms with van der Waals surface area (Å²) in [7, 11) is 0. The van der Waals surface area contributed by atoms with E-state index in [-0.39, 0.29) is 0 Å². The van der Waals surface area contributed by atoms with Gasteiger partial charge in [-0.3, -0.25) is 0 Å². The zero-order valence-corrected chi connectivity index (χ0v) is 8.29. The first-order valence-electron chi connectivity index (χ1n) is 4.34. The summed E-state index contributed by atoms with van der Waals surface area (Å²) in [6.45, 7) is 0.424. The Morgan fingerprint density at radius 1 is 1.07 bits per heavy atom. The highest BCUT2D eigenvalue weighted by Crippen LogP contribution is 2.23. The van der Waals surface area contributed by atoms with Crippen molar-refractivity contribution in [3.8, 4) is 11.3 Å². The van der Waals surface area contributed by atoms with Gasteiger partial charge in [-0.2, -0.15) is 0 Å². The van der Waals surface area contributed by atoms with Gasteiger partial charge in [-0.05, 0) is 36.4 Å². The first-order valence-corrected chi connectivity index (χ1v) is 4.72. The second kappa shape index (κ2) is 3.86. The average Bonchev–Trinajstić information content (AvgIpc) is 2.67. The molecule has 1 heterocycles. The van der Waals surface area contributed by atoms with Crippen molar-refractivity contribution in [1.29, 1.82) is 0 Å². The van der Waals surface area contributed by atoms with E-state index >= 15 is 0 Å². The van der Waals surface area contributed by atoms with Crippen LogP contribution in [0.2, 0.25) is 5.02 Å². The van der Waals surface area contributed by atoms with Crippen molar-refractivity contribution in [2.75, 3.05) is 0 Å². The van der Waals surface area contributed by atoms with E-state index < -0.39 is 0 Å². The Balaban J connectivity index is 2.34. The van der Waals surface area contributed by atoms with Crippen molar-refractivity contribution in [1.82, 2.24) is 0 Å². The highest BCUT2D eigenvalue weighted by molar-refractivity contribution is 6.30. The fourth-order valence-corrected chi connectivity index (χ4v) is 1.38. The van der Waals surface area contributed by atoms with E-state index in [2.05, 4.69) is 0 Å². The lowest BCUT2D eigenvalue weighted by Gasteiger charge is -1.96. The third-order valence-electron chi connectivity index (χ3n) is 1.99. The molecule has 2 rings (SSSR count). The van der Waals surface area contributed by atoms with Crippen LogP contribution in [0.4, 0.5) is 0 Å². The molecule has 2 aromatic rings. The quantitative estimate of drug-likeness (QED) is 0.822. The van der Waals surface area contributed by atoms with E-state index in [4.69, 9.17) is 21.8 Å². The number of nitrogens with two attached hydrogens (primary N) is 1. The summed E-state index contributed by atoms with van der Waals surface area (Å²) >= 11 is 5.78. The van der Waals surface area contributed by atoms with Gasteiger partial charge in [0.25, 0.3) is 0 Å². The number of halogens is 1. The number of hydrogen-bond donors (Lipinski definition) is 1. The van der Waals surface area contributed by atoms with Crippen molar-refractivity contribution in [2.24, 2.45) is 5.73 Å². The molecule has 0 amide bonds. The predicted octanol–water partition coefficient (Wildman–Crippen LogP) is 3.06. The van der Waals surface area contributed by atoms with Gasteiger partial charge in [-0.15, -0.1) is 0 Å². The molecule has 0 aliphatic rings. The minimum absolute atomic E-state index is 0.424. The smallest absolute Gasteiger partial charge is 0.134 e. The summed E-state index contributed by atoms with van der Waals surface area (Å²) in [5, 5.41) is 0.722. The standard InChI is InChI=1S/C11H10ClNO/c12-9-3-1-8(2-4-9)11-6-5-10(7-13)14-11/h1-6H,7,13H2. The lowest BCUT2D eigenvalue weighted by Crippen LogP contribution is -1.92. The molecular weight excluding hydrogens is 198 g/mol. The van der Waals surface area contributed by atoms with Crippen LogP contribution in [0.5, 0.6) is 0 Å². The van der Waals surface area contributed by atoms with Crippen LogP contribution in [0.3, 0.4) is 0 Å². The molecule has 0 aliphatic carbocycles. The SMILES string of the molecule is NCc1ccc(-c2ccc(Cl)cc2)o1. The van der Waals surface area contributed by atoms with Crippen LogP contribution >= 0.6 is 11.6 Å². The molecule has 0 radical (unpaired) electrons. The van der Waals surface area contributed by atoms with Crippen LogP contribution < -0.4 is 5.73 Å². The van der Waals surface area contributed by atoms with Gasteiger partial charge in [-0.1, -0.05) is 11.6 Å². The molecule has 72 valence electrons. The molecule has 0 bridgehead atoms. The Hall–Kier alpha value is -1.25. The van der Waals surface area contributed by atoms with Crippen LogP contribution in [0, 0.1) is 0 Å². The lowest BCUT2D eigenvalue weighted by molar-refractivity contribution is 0.525. The van der Waals surface area contributed by atoms with Crippen LogP contribution in [0.25, 0.3) is 11.3 Å². The molecule has 0 saturated carbocycles. The zero-order chi connectivity index (χ0) is 9.97. The number of hydrogen-bond acceptors (Lipinski definition) is 2. The van der Waals surface area contributed by atoms with Crippen LogP contribution in [0.1, 0.15) is 5.76 Å². The van der Waals surface area contributed by atoms with Crippen LogP contribution in [0.15, 0.2) is 40.8 Å². The predicted molar refractivity (Wildman–Crippen MR) is 57.0 cm³/mol. The molecule has 2 nitrogen and oxygen atoms in total. The molecule has 0 aliphatic heterocycles. The summed E-state index contributed by atoms with van der Waals surface area (Å²) in [4.78, 5) is 0. The Kier molecular flexibility index (Phi) is 2.57. The minimum atomic E-state index is 0.424. The molecular formula is C11H10ClNO. The van der Waals surface area contributed by atoms with Gasteiger partial charge in [0.1, 0.15) is 11.5 Å². The third-order valence-corrected chi connectivity index (χ3v) is 2.24. The summed E-state index contributed by atoms with van der Waals surface area (Å²) in [6.07, 6.45) is 0. The molecule has 0 atom stereocenters. The molecule has 1 aromatic heterocycles. The van der Waals surface area contributed by atoms with E-state index in [1.165, 1.54) is 0 Å². The highest BCUT2D eigenvalue weighted by atomic mass is 35.5. The topological polar surface area (TPSA) is 39.2 Å². The van der Waals surface area contributed by atoms with Crippen molar-refractivity contribution < 1.29 is 4.42 Å². The fourth-order valence-electron chi connectivity index (χ4n) is 1.26. The molecule has 2 N–H and O–H groups in total. The molecule has 0 unspecified atom stereocenters. The summed E-state index contributed by atoms with van der Waals surface area (Å²) in [5.41, 5.74) is 6.46. The van der Waals surface area contributed by atoms with Gasteiger partial charge < -0.3 is 10.2 Å². The second-order valence-electron chi connectivity index (χ2n) is 2.98. The van der Waals surface area contributed by atoms with Gasteiger partial charge in [0.05, 0.1) is 6.54 Å². The number of rotatable bonds is 2. The minimum Gasteiger partial charge on any atom is -0.460 e. The zero-order valence-electron chi connectivity index (χ0n) is 7.53. The molecule has 0 spiro atoms. The van der Waals surface area contributed by atoms with Crippen molar-refractivity contribution in [2.45, 2.75) is 6.54 Å². The second-order valence-corrected chi connectivity index (χ2v) is 3.41. The Labute approximate surface area is 87.3 Å². The number of benzene rings is 1. The highest BCUT2D eigenvalue weighted by Gasteiger charge is 2.02. The van der Waals surface area contributed by atoms with Crippen molar-refractivity contribution in [3.05, 3.63) is 47.2 Å². The van der Waals surface area contributed by atoms with Gasteiger partial charge in [0.2, 0.25) is 0 Å². The summed E-state index contributed by atoms with van der Waals surface area (Å²) < 4.78 is 5.49. The summed E-state index contributed by atoms with van der Waals surface area (Å²) in [6, 6.07) is 11.3. The van der Waals surface area contributed by atoms with Crippen LogP contribution in [-0.4, -0.2) is 0 Å². The molecule has 0 fully saturated rings. The lowest BCUT2D eigenvalue weighted by atomic mass is 10.2. The van der Waals surface area contributed by atoms with E-state index in [1.807, 2.05) is 36.4 Å². The Morgan fingerprint density at radius 2 is 1.79 bits per heavy atom. The largest absolute Gasteiger partial charge is 0.460 e. The Bertz CT molecular complexity index is 419. The van der Waals surface area contributed by atoms with Crippen molar-refractivity contribution in [3.63, 3.8) is 0 Å². The van der Waals surface area contributed by atoms with E-state index in [0.717, 1.165) is 22.1 Å². The first kappa shape index (κ1) is 9.31. The number of furan rings is 1. The van der Waals surface area contributed by atoms with Gasteiger partial charge in [0.15, 0.2) is 0 Å². The maximum atomic E-state index is 5.78. The van der Waals surface area contributed by atoms with E-state index in [0.29, 0.717) is 6.54 Å². The van der Waals surface area contributed by atoms with Crippen LogP contribution in [-0.2, 0) is 6.54 Å². The molecule has 14 heavy (non-hydrogen) atoms. The first-order chi connectivity index (χ1) is 6.79. The fraction of sp³-hybridized carbons (Fsp3) is 0.0909. The average molecular weight is 208 g/mol. The van der Waals surface area contributed by atoms with Gasteiger partial charge >= 0.3 is 0 Å².